The molecule has 1 aromatic rings. The van der Waals surface area contributed by atoms with E-state index in [0.29, 0.717) is 19.3 Å². The first-order valence-electron chi connectivity index (χ1n) is 6.52. The van der Waals surface area contributed by atoms with Gasteiger partial charge in [0.2, 0.25) is 0 Å². The Morgan fingerprint density at radius 1 is 1.28 bits per heavy atom. The summed E-state index contributed by atoms with van der Waals surface area (Å²) in [4.78, 5) is 11.6. The van der Waals surface area contributed by atoms with Crippen molar-refractivity contribution < 1.29 is 14.3 Å². The Kier molecular flexibility index (Phi) is 5.32. The molecule has 0 amide bonds. The molecule has 3 heteroatoms. The molecule has 1 N–H and O–H groups in total. The van der Waals surface area contributed by atoms with Gasteiger partial charge in [0.1, 0.15) is 5.82 Å². The number of carbonyl (C=O) groups is 1. The molecule has 100 valence electrons. The number of hydrogen-bond acceptors (Lipinski definition) is 1. The predicted molar refractivity (Wildman–Crippen MR) is 70.0 cm³/mol. The molecule has 1 rings (SSSR count). The second-order valence-electron chi connectivity index (χ2n) is 4.85. The number of aliphatic carboxylic acids is 1. The van der Waals surface area contributed by atoms with E-state index in [-0.39, 0.29) is 5.82 Å². The standard InChI is InChI=1S/C15H21FO2/c1-3-5-10-15(4-2,14(17)18)11-12-6-8-13(16)9-7-12/h6-9H,3-5,10-11H2,1-2H3,(H,17,18). The van der Waals surface area contributed by atoms with Crippen molar-refractivity contribution in [1.29, 1.82) is 0 Å². The van der Waals surface area contributed by atoms with E-state index in [2.05, 4.69) is 6.92 Å². The molecular formula is C15H21FO2. The van der Waals surface area contributed by atoms with Crippen molar-refractivity contribution in [2.24, 2.45) is 5.41 Å². The van der Waals surface area contributed by atoms with E-state index in [1.54, 1.807) is 12.1 Å². The Hall–Kier alpha value is -1.38. The number of rotatable bonds is 7. The summed E-state index contributed by atoms with van der Waals surface area (Å²) in [6.07, 6.45) is 3.63. The number of carboxylic acids is 1. The van der Waals surface area contributed by atoms with Crippen LogP contribution < -0.4 is 0 Å². The van der Waals surface area contributed by atoms with Gasteiger partial charge in [-0.1, -0.05) is 38.8 Å². The van der Waals surface area contributed by atoms with Crippen LogP contribution in [0.4, 0.5) is 4.39 Å². The van der Waals surface area contributed by atoms with Crippen LogP contribution in [-0.4, -0.2) is 11.1 Å². The Balaban J connectivity index is 2.89. The average Bonchev–Trinajstić information content (AvgIpc) is 2.36. The summed E-state index contributed by atoms with van der Waals surface area (Å²) in [7, 11) is 0. The maximum atomic E-state index is 12.8. The zero-order valence-electron chi connectivity index (χ0n) is 11.1. The Morgan fingerprint density at radius 2 is 1.89 bits per heavy atom. The number of carboxylic acid groups (broad SMARTS) is 1. The van der Waals surface area contributed by atoms with Crippen LogP contribution in [-0.2, 0) is 11.2 Å². The SMILES string of the molecule is CCCCC(CC)(Cc1ccc(F)cc1)C(=O)O. The fourth-order valence-electron chi connectivity index (χ4n) is 2.23. The van der Waals surface area contributed by atoms with E-state index >= 15 is 0 Å². The highest BCUT2D eigenvalue weighted by Crippen LogP contribution is 2.33. The second kappa shape index (κ2) is 6.53. The average molecular weight is 252 g/mol. The van der Waals surface area contributed by atoms with Crippen molar-refractivity contribution in [2.75, 3.05) is 0 Å². The number of hydrogen-bond donors (Lipinski definition) is 1. The van der Waals surface area contributed by atoms with Crippen LogP contribution >= 0.6 is 0 Å². The van der Waals surface area contributed by atoms with Crippen LogP contribution in [0.2, 0.25) is 0 Å². The minimum Gasteiger partial charge on any atom is -0.481 e. The van der Waals surface area contributed by atoms with E-state index < -0.39 is 11.4 Å². The lowest BCUT2D eigenvalue weighted by Crippen LogP contribution is -2.32. The first-order valence-corrected chi connectivity index (χ1v) is 6.52. The molecular weight excluding hydrogens is 231 g/mol. The fraction of sp³-hybridized carbons (Fsp3) is 0.533. The zero-order valence-corrected chi connectivity index (χ0v) is 11.1. The Bertz CT molecular complexity index is 386. The Labute approximate surface area is 108 Å². The van der Waals surface area contributed by atoms with Crippen LogP contribution in [0.15, 0.2) is 24.3 Å². The molecule has 0 saturated carbocycles. The van der Waals surface area contributed by atoms with Gasteiger partial charge in [-0.3, -0.25) is 4.79 Å². The molecule has 0 radical (unpaired) electrons. The number of unbranched alkanes of at least 4 members (excludes halogenated alkanes) is 1. The largest absolute Gasteiger partial charge is 0.481 e. The van der Waals surface area contributed by atoms with Crippen LogP contribution in [0, 0.1) is 11.2 Å². The smallest absolute Gasteiger partial charge is 0.309 e. The van der Waals surface area contributed by atoms with Gasteiger partial charge in [0.25, 0.3) is 0 Å². The molecule has 0 fully saturated rings. The van der Waals surface area contributed by atoms with E-state index in [1.807, 2.05) is 6.92 Å². The highest BCUT2D eigenvalue weighted by molar-refractivity contribution is 5.75. The van der Waals surface area contributed by atoms with Gasteiger partial charge < -0.3 is 5.11 Å². The van der Waals surface area contributed by atoms with Gasteiger partial charge in [0.15, 0.2) is 0 Å². The van der Waals surface area contributed by atoms with E-state index in [4.69, 9.17) is 0 Å². The maximum Gasteiger partial charge on any atom is 0.309 e. The van der Waals surface area contributed by atoms with Crippen molar-refractivity contribution in [3.8, 4) is 0 Å². The van der Waals surface area contributed by atoms with E-state index in [0.717, 1.165) is 18.4 Å². The molecule has 0 saturated heterocycles. The summed E-state index contributed by atoms with van der Waals surface area (Å²) in [6, 6.07) is 6.12. The first kappa shape index (κ1) is 14.7. The van der Waals surface area contributed by atoms with Gasteiger partial charge >= 0.3 is 5.97 Å². The highest BCUT2D eigenvalue weighted by Gasteiger charge is 2.35. The highest BCUT2D eigenvalue weighted by atomic mass is 19.1. The quantitative estimate of drug-likeness (QED) is 0.795. The van der Waals surface area contributed by atoms with E-state index in [1.165, 1.54) is 12.1 Å². The summed E-state index contributed by atoms with van der Waals surface area (Å²) in [5.41, 5.74) is 0.171. The lowest BCUT2D eigenvalue weighted by molar-refractivity contribution is -0.149. The molecule has 0 spiro atoms. The molecule has 1 unspecified atom stereocenters. The van der Waals surface area contributed by atoms with Crippen molar-refractivity contribution in [3.05, 3.63) is 35.6 Å². The van der Waals surface area contributed by atoms with Crippen LogP contribution in [0.25, 0.3) is 0 Å². The van der Waals surface area contributed by atoms with Gasteiger partial charge in [0, 0.05) is 0 Å². The molecule has 1 aromatic carbocycles. The molecule has 2 nitrogen and oxygen atoms in total. The minimum atomic E-state index is -0.747. The molecule has 0 aliphatic rings. The number of halogens is 1. The summed E-state index contributed by atoms with van der Waals surface area (Å²) >= 11 is 0. The van der Waals surface area contributed by atoms with Gasteiger partial charge in [-0.05, 0) is 37.0 Å². The van der Waals surface area contributed by atoms with Gasteiger partial charge in [0.05, 0.1) is 5.41 Å². The molecule has 0 aliphatic heterocycles. The van der Waals surface area contributed by atoms with Crippen LogP contribution in [0.5, 0.6) is 0 Å². The first-order chi connectivity index (χ1) is 8.54. The van der Waals surface area contributed by atoms with Crippen molar-refractivity contribution in [2.45, 2.75) is 46.0 Å². The minimum absolute atomic E-state index is 0.287. The molecule has 0 bridgehead atoms. The van der Waals surface area contributed by atoms with Crippen molar-refractivity contribution in [3.63, 3.8) is 0 Å². The van der Waals surface area contributed by atoms with Crippen molar-refractivity contribution >= 4 is 5.97 Å². The van der Waals surface area contributed by atoms with Crippen LogP contribution in [0.1, 0.15) is 45.1 Å². The topological polar surface area (TPSA) is 37.3 Å². The summed E-state index contributed by atoms with van der Waals surface area (Å²) in [6.45, 7) is 3.97. The van der Waals surface area contributed by atoms with Gasteiger partial charge in [-0.15, -0.1) is 0 Å². The van der Waals surface area contributed by atoms with Crippen LogP contribution in [0.3, 0.4) is 0 Å². The molecule has 0 aromatic heterocycles. The third kappa shape index (κ3) is 3.56. The maximum absolute atomic E-state index is 12.8. The van der Waals surface area contributed by atoms with Gasteiger partial charge in [-0.25, -0.2) is 4.39 Å². The third-order valence-electron chi connectivity index (χ3n) is 3.60. The predicted octanol–water partition coefficient (Wildman–Crippen LogP) is 4.04. The lowest BCUT2D eigenvalue weighted by atomic mass is 9.75. The fourth-order valence-corrected chi connectivity index (χ4v) is 2.23. The lowest BCUT2D eigenvalue weighted by Gasteiger charge is -2.28. The Morgan fingerprint density at radius 3 is 2.33 bits per heavy atom. The summed E-state index contributed by atoms with van der Waals surface area (Å²) in [5.74, 6) is -1.03. The summed E-state index contributed by atoms with van der Waals surface area (Å²) < 4.78 is 12.8. The monoisotopic (exact) mass is 252 g/mol. The molecule has 0 heterocycles. The molecule has 18 heavy (non-hydrogen) atoms. The second-order valence-corrected chi connectivity index (χ2v) is 4.85. The summed E-state index contributed by atoms with van der Waals surface area (Å²) in [5, 5.41) is 9.49. The normalized spacial score (nSPS) is 14.2. The molecule has 1 atom stereocenters. The number of benzene rings is 1. The van der Waals surface area contributed by atoms with E-state index in [9.17, 15) is 14.3 Å². The van der Waals surface area contributed by atoms with Crippen molar-refractivity contribution in [1.82, 2.24) is 0 Å². The zero-order chi connectivity index (χ0) is 13.6. The van der Waals surface area contributed by atoms with Gasteiger partial charge in [-0.2, -0.15) is 0 Å². The molecule has 0 aliphatic carbocycles. The third-order valence-corrected chi connectivity index (χ3v) is 3.60.